The lowest BCUT2D eigenvalue weighted by molar-refractivity contribution is -0.149. The molecule has 0 saturated carbocycles. The van der Waals surface area contributed by atoms with Crippen molar-refractivity contribution in [1.29, 1.82) is 0 Å². The number of carboxylic acids is 1. The van der Waals surface area contributed by atoms with Crippen molar-refractivity contribution in [3.63, 3.8) is 0 Å². The van der Waals surface area contributed by atoms with Crippen LogP contribution < -0.4 is 5.32 Å². The molecule has 0 unspecified atom stereocenters. The molecule has 1 saturated heterocycles. The molecule has 0 bridgehead atoms. The normalized spacial score (nSPS) is 18.8. The fraction of sp³-hybridized carbons (Fsp3) is 0.526. The maximum Gasteiger partial charge on any atom is 0.408 e. The van der Waals surface area contributed by atoms with E-state index >= 15 is 0 Å². The van der Waals surface area contributed by atoms with Gasteiger partial charge in [-0.15, -0.1) is 0 Å². The molecule has 2 N–H and O–H groups in total. The summed E-state index contributed by atoms with van der Waals surface area (Å²) < 4.78 is 12.6. The van der Waals surface area contributed by atoms with Crippen molar-refractivity contribution in [3.05, 3.63) is 35.9 Å². The largest absolute Gasteiger partial charge is 0.480 e. The van der Waals surface area contributed by atoms with Gasteiger partial charge in [0.05, 0.1) is 0 Å². The molecule has 7 heteroatoms. The number of ether oxygens (including phenoxy) is 1. The molecule has 0 radical (unpaired) electrons. The quantitative estimate of drug-likeness (QED) is 0.836. The SMILES string of the molecule is [2H]CC(C)(C)OC(=O)N[C@@H](Cc1ccccc1)C(=O)N1CCC[C@H]1C(=O)O. The first-order valence-electron chi connectivity index (χ1n) is 9.30. The van der Waals surface area contributed by atoms with E-state index in [0.717, 1.165) is 5.56 Å². The van der Waals surface area contributed by atoms with Gasteiger partial charge in [-0.2, -0.15) is 0 Å². The van der Waals surface area contributed by atoms with E-state index in [9.17, 15) is 19.5 Å². The van der Waals surface area contributed by atoms with Crippen LogP contribution in [0.5, 0.6) is 0 Å². The lowest BCUT2D eigenvalue weighted by atomic mass is 10.0. The third-order valence-corrected chi connectivity index (χ3v) is 4.06. The van der Waals surface area contributed by atoms with Crippen LogP contribution in [0.4, 0.5) is 4.79 Å². The van der Waals surface area contributed by atoms with Gasteiger partial charge in [-0.3, -0.25) is 4.79 Å². The van der Waals surface area contributed by atoms with Crippen molar-refractivity contribution in [2.24, 2.45) is 0 Å². The summed E-state index contributed by atoms with van der Waals surface area (Å²) in [6.45, 7) is 3.43. The Morgan fingerprint density at radius 3 is 2.69 bits per heavy atom. The first kappa shape index (κ1) is 18.2. The van der Waals surface area contributed by atoms with Crippen molar-refractivity contribution in [1.82, 2.24) is 10.2 Å². The van der Waals surface area contributed by atoms with Gasteiger partial charge in [0.25, 0.3) is 0 Å². The smallest absolute Gasteiger partial charge is 0.408 e. The van der Waals surface area contributed by atoms with Crippen LogP contribution in [0.15, 0.2) is 30.3 Å². The number of alkyl carbamates (subject to hydrolysis) is 1. The summed E-state index contributed by atoms with van der Waals surface area (Å²) in [5, 5.41) is 11.9. The van der Waals surface area contributed by atoms with Gasteiger partial charge in [0, 0.05) is 14.3 Å². The van der Waals surface area contributed by atoms with E-state index in [1.165, 1.54) is 4.90 Å². The minimum absolute atomic E-state index is 0.120. The third-order valence-electron chi connectivity index (χ3n) is 4.06. The van der Waals surface area contributed by atoms with E-state index in [1.54, 1.807) is 13.8 Å². The second-order valence-corrected chi connectivity index (χ2v) is 7.06. The molecular weight excluding hydrogens is 336 g/mol. The Labute approximate surface area is 154 Å². The third kappa shape index (κ3) is 5.47. The predicted molar refractivity (Wildman–Crippen MR) is 95.7 cm³/mol. The lowest BCUT2D eigenvalue weighted by Crippen LogP contribution is -2.53. The van der Waals surface area contributed by atoms with Crippen molar-refractivity contribution in [2.45, 2.75) is 57.7 Å². The number of carbonyl (C=O) groups is 3. The van der Waals surface area contributed by atoms with Crippen LogP contribution in [0.2, 0.25) is 0 Å². The summed E-state index contributed by atoms with van der Waals surface area (Å²) in [5.74, 6) is -1.48. The fourth-order valence-corrected chi connectivity index (χ4v) is 2.96. The summed E-state index contributed by atoms with van der Waals surface area (Å²) in [5.41, 5.74) is -0.149. The molecular formula is C19H26N2O5. The molecule has 2 atom stereocenters. The zero-order valence-corrected chi connectivity index (χ0v) is 15.1. The minimum atomic E-state index is -1.04. The second-order valence-electron chi connectivity index (χ2n) is 7.06. The molecule has 1 aromatic carbocycles. The molecule has 142 valence electrons. The number of amides is 2. The molecule has 1 aliphatic rings. The number of hydrogen-bond donors (Lipinski definition) is 2. The molecule has 2 amide bonds. The Hall–Kier alpha value is -2.57. The van der Waals surface area contributed by atoms with Crippen LogP contribution in [-0.2, 0) is 20.7 Å². The van der Waals surface area contributed by atoms with Gasteiger partial charge < -0.3 is 20.1 Å². The Balaban J connectivity index is 2.17. The Kier molecular flexibility index (Phi) is 5.75. The second kappa shape index (κ2) is 8.21. The average molecular weight is 363 g/mol. The van der Waals surface area contributed by atoms with E-state index in [2.05, 4.69) is 5.32 Å². The number of carbonyl (C=O) groups excluding carboxylic acids is 2. The fourth-order valence-electron chi connectivity index (χ4n) is 2.96. The molecule has 7 nitrogen and oxygen atoms in total. The Morgan fingerprint density at radius 2 is 2.08 bits per heavy atom. The van der Waals surface area contributed by atoms with Crippen LogP contribution in [0.1, 0.15) is 40.5 Å². The molecule has 2 rings (SSSR count). The van der Waals surface area contributed by atoms with Crippen LogP contribution in [-0.4, -0.2) is 52.2 Å². The zero-order valence-electron chi connectivity index (χ0n) is 16.1. The molecule has 1 fully saturated rings. The summed E-state index contributed by atoms with van der Waals surface area (Å²) in [6.07, 6.45) is 0.429. The highest BCUT2D eigenvalue weighted by molar-refractivity contribution is 5.90. The summed E-state index contributed by atoms with van der Waals surface area (Å²) in [4.78, 5) is 38.0. The summed E-state index contributed by atoms with van der Waals surface area (Å²) in [7, 11) is 0. The highest BCUT2D eigenvalue weighted by atomic mass is 16.6. The maximum atomic E-state index is 13.0. The standard InChI is InChI=1S/C19H26N2O5/c1-19(2,3)26-18(25)20-14(12-13-8-5-4-6-9-13)16(22)21-11-7-10-15(21)17(23)24/h4-6,8-9,14-15H,7,10-12H2,1-3H3,(H,20,25)(H,23,24)/t14-,15-/m0/s1/i1D. The topological polar surface area (TPSA) is 95.9 Å². The first-order valence-corrected chi connectivity index (χ1v) is 8.59. The minimum Gasteiger partial charge on any atom is -0.480 e. The molecule has 0 aromatic heterocycles. The molecule has 1 aliphatic heterocycles. The average Bonchev–Trinajstić information content (AvgIpc) is 3.11. The van der Waals surface area contributed by atoms with Crippen LogP contribution in [0.3, 0.4) is 0 Å². The number of hydrogen-bond acceptors (Lipinski definition) is 4. The number of rotatable bonds is 5. The number of likely N-dealkylation sites (tertiary alicyclic amines) is 1. The van der Waals surface area contributed by atoms with Crippen molar-refractivity contribution in [3.8, 4) is 0 Å². The van der Waals surface area contributed by atoms with Crippen molar-refractivity contribution in [2.75, 3.05) is 6.54 Å². The van der Waals surface area contributed by atoms with Crippen LogP contribution in [0.25, 0.3) is 0 Å². The van der Waals surface area contributed by atoms with E-state index in [4.69, 9.17) is 6.11 Å². The van der Waals surface area contributed by atoms with Crippen LogP contribution >= 0.6 is 0 Å². The van der Waals surface area contributed by atoms with Crippen LogP contribution in [0, 0.1) is 0 Å². The number of nitrogens with zero attached hydrogens (tertiary/aromatic N) is 1. The zero-order chi connectivity index (χ0) is 20.0. The van der Waals surface area contributed by atoms with Gasteiger partial charge in [-0.25, -0.2) is 9.59 Å². The number of benzene rings is 1. The molecule has 1 heterocycles. The maximum absolute atomic E-state index is 13.0. The van der Waals surface area contributed by atoms with E-state index in [1.807, 2.05) is 30.3 Å². The van der Waals surface area contributed by atoms with Crippen molar-refractivity contribution < 1.29 is 25.6 Å². The van der Waals surface area contributed by atoms with Crippen molar-refractivity contribution >= 4 is 18.0 Å². The highest BCUT2D eigenvalue weighted by Gasteiger charge is 2.38. The van der Waals surface area contributed by atoms with E-state index in [-0.39, 0.29) is 13.3 Å². The predicted octanol–water partition coefficient (Wildman–Crippen LogP) is 2.20. The Bertz CT molecular complexity index is 680. The summed E-state index contributed by atoms with van der Waals surface area (Å²) >= 11 is 0. The molecule has 26 heavy (non-hydrogen) atoms. The summed E-state index contributed by atoms with van der Waals surface area (Å²) in [6, 6.07) is 7.35. The van der Waals surface area contributed by atoms with Gasteiger partial charge in [-0.1, -0.05) is 30.3 Å². The number of nitrogens with one attached hydrogen (secondary N) is 1. The monoisotopic (exact) mass is 363 g/mol. The molecule has 0 spiro atoms. The van der Waals surface area contributed by atoms with Gasteiger partial charge in [0.2, 0.25) is 5.91 Å². The number of aliphatic carboxylic acids is 1. The molecule has 0 aliphatic carbocycles. The first-order chi connectivity index (χ1) is 12.7. The lowest BCUT2D eigenvalue weighted by Gasteiger charge is -2.28. The Morgan fingerprint density at radius 1 is 1.38 bits per heavy atom. The van der Waals surface area contributed by atoms with E-state index in [0.29, 0.717) is 19.4 Å². The van der Waals surface area contributed by atoms with Gasteiger partial charge >= 0.3 is 12.1 Å². The van der Waals surface area contributed by atoms with Gasteiger partial charge in [0.1, 0.15) is 17.7 Å². The molecule has 1 aromatic rings. The number of carboxylic acid groups (broad SMARTS) is 1. The highest BCUT2D eigenvalue weighted by Crippen LogP contribution is 2.20. The van der Waals surface area contributed by atoms with Gasteiger partial charge in [0.15, 0.2) is 0 Å². The van der Waals surface area contributed by atoms with Gasteiger partial charge in [-0.05, 0) is 39.2 Å². The van der Waals surface area contributed by atoms with E-state index < -0.39 is 35.7 Å².